The van der Waals surface area contributed by atoms with E-state index in [2.05, 4.69) is 9.97 Å². The number of nitrogens with zero attached hydrogens (tertiary/aromatic N) is 4. The van der Waals surface area contributed by atoms with Crippen LogP contribution in [0.2, 0.25) is 0 Å². The van der Waals surface area contributed by atoms with Gasteiger partial charge in [0.2, 0.25) is 5.88 Å². The lowest BCUT2D eigenvalue weighted by atomic mass is 10.4. The van der Waals surface area contributed by atoms with Gasteiger partial charge < -0.3 is 19.6 Å². The molecule has 0 amide bonds. The smallest absolute Gasteiger partial charge is 0.323 e. The molecule has 1 aromatic rings. The van der Waals surface area contributed by atoms with Gasteiger partial charge in [-0.15, -0.1) is 0 Å². The van der Waals surface area contributed by atoms with Gasteiger partial charge in [0, 0.05) is 19.2 Å². The molecule has 7 heteroatoms. The van der Waals surface area contributed by atoms with Gasteiger partial charge in [-0.3, -0.25) is 4.79 Å². The van der Waals surface area contributed by atoms with Crippen molar-refractivity contribution in [3.8, 4) is 5.88 Å². The molecule has 0 fully saturated rings. The number of hydrogen-bond donors (Lipinski definition) is 1. The molecule has 1 heterocycles. The minimum Gasteiger partial charge on any atom is -0.480 e. The fourth-order valence-electron chi connectivity index (χ4n) is 1.49. The average molecular weight is 268 g/mol. The van der Waals surface area contributed by atoms with Crippen molar-refractivity contribution in [2.45, 2.75) is 6.92 Å². The van der Waals surface area contributed by atoms with Crippen molar-refractivity contribution in [2.75, 3.05) is 45.2 Å². The summed E-state index contributed by atoms with van der Waals surface area (Å²) in [5, 5.41) is 8.95. The van der Waals surface area contributed by atoms with Crippen LogP contribution in [0.25, 0.3) is 0 Å². The largest absolute Gasteiger partial charge is 0.480 e. The molecule has 0 bridgehead atoms. The van der Waals surface area contributed by atoms with Crippen LogP contribution in [0.3, 0.4) is 0 Å². The summed E-state index contributed by atoms with van der Waals surface area (Å²) in [6, 6.07) is 1.65. The van der Waals surface area contributed by atoms with E-state index in [1.165, 1.54) is 6.33 Å². The zero-order valence-electron chi connectivity index (χ0n) is 11.5. The molecule has 0 atom stereocenters. The molecule has 0 unspecified atom stereocenters. The van der Waals surface area contributed by atoms with Crippen molar-refractivity contribution >= 4 is 11.8 Å². The van der Waals surface area contributed by atoms with E-state index in [0.717, 1.165) is 6.54 Å². The maximum Gasteiger partial charge on any atom is 0.323 e. The van der Waals surface area contributed by atoms with E-state index in [1.54, 1.807) is 11.0 Å². The van der Waals surface area contributed by atoms with Crippen molar-refractivity contribution in [1.29, 1.82) is 0 Å². The molecule has 0 aromatic carbocycles. The van der Waals surface area contributed by atoms with Crippen LogP contribution in [0.15, 0.2) is 12.4 Å². The molecule has 0 radical (unpaired) electrons. The molecule has 1 aromatic heterocycles. The van der Waals surface area contributed by atoms with E-state index in [0.29, 0.717) is 24.8 Å². The third-order valence-electron chi connectivity index (χ3n) is 2.39. The van der Waals surface area contributed by atoms with Crippen molar-refractivity contribution in [1.82, 2.24) is 14.9 Å². The van der Waals surface area contributed by atoms with E-state index in [9.17, 15) is 4.79 Å². The number of anilines is 1. The van der Waals surface area contributed by atoms with E-state index in [4.69, 9.17) is 9.84 Å². The van der Waals surface area contributed by atoms with Gasteiger partial charge >= 0.3 is 5.97 Å². The fourth-order valence-corrected chi connectivity index (χ4v) is 1.49. The quantitative estimate of drug-likeness (QED) is 0.727. The molecule has 0 spiro atoms. The van der Waals surface area contributed by atoms with Crippen LogP contribution < -0.4 is 9.64 Å². The molecule has 0 aliphatic heterocycles. The van der Waals surface area contributed by atoms with Gasteiger partial charge in [0.15, 0.2) is 0 Å². The lowest BCUT2D eigenvalue weighted by Crippen LogP contribution is -2.36. The highest BCUT2D eigenvalue weighted by atomic mass is 16.5. The molecule has 0 aliphatic carbocycles. The standard InChI is InChI=1S/C12H20N4O3/c1-4-19-11-7-10(13-9-14-11)16(8-12(17)18)6-5-15(2)3/h7,9H,4-6,8H2,1-3H3,(H,17,18). The number of carboxylic acid groups (broad SMARTS) is 1. The topological polar surface area (TPSA) is 78.8 Å². The minimum absolute atomic E-state index is 0.101. The van der Waals surface area contributed by atoms with Crippen LogP contribution in [0.5, 0.6) is 5.88 Å². The first-order chi connectivity index (χ1) is 9.02. The summed E-state index contributed by atoms with van der Waals surface area (Å²) in [4.78, 5) is 22.7. The summed E-state index contributed by atoms with van der Waals surface area (Å²) in [6.45, 7) is 3.58. The maximum atomic E-state index is 10.9. The van der Waals surface area contributed by atoms with Crippen molar-refractivity contribution < 1.29 is 14.6 Å². The predicted octanol–water partition coefficient (Wildman–Crippen LogP) is 0.328. The summed E-state index contributed by atoms with van der Waals surface area (Å²) in [7, 11) is 3.87. The molecule has 19 heavy (non-hydrogen) atoms. The first-order valence-corrected chi connectivity index (χ1v) is 6.09. The second-order valence-corrected chi connectivity index (χ2v) is 4.27. The van der Waals surface area contributed by atoms with Crippen molar-refractivity contribution in [2.24, 2.45) is 0 Å². The number of carbonyl (C=O) groups is 1. The first-order valence-electron chi connectivity index (χ1n) is 6.09. The molecule has 0 aliphatic rings. The molecule has 0 saturated heterocycles. The molecule has 7 nitrogen and oxygen atoms in total. The van der Waals surface area contributed by atoms with Crippen molar-refractivity contribution in [3.05, 3.63) is 12.4 Å². The lowest BCUT2D eigenvalue weighted by molar-refractivity contribution is -0.135. The van der Waals surface area contributed by atoms with Gasteiger partial charge in [0.1, 0.15) is 18.7 Å². The number of aliphatic carboxylic acids is 1. The number of hydrogen-bond acceptors (Lipinski definition) is 6. The number of rotatable bonds is 8. The van der Waals surface area contributed by atoms with Crippen LogP contribution in [0.4, 0.5) is 5.82 Å². The van der Waals surface area contributed by atoms with E-state index in [1.807, 2.05) is 25.9 Å². The molecular weight excluding hydrogens is 248 g/mol. The lowest BCUT2D eigenvalue weighted by Gasteiger charge is -2.23. The number of aromatic nitrogens is 2. The summed E-state index contributed by atoms with van der Waals surface area (Å²) in [5.41, 5.74) is 0. The molecule has 0 saturated carbocycles. The van der Waals surface area contributed by atoms with Gasteiger partial charge in [-0.25, -0.2) is 9.97 Å². The Morgan fingerprint density at radius 2 is 2.11 bits per heavy atom. The summed E-state index contributed by atoms with van der Waals surface area (Å²) in [6.07, 6.45) is 1.38. The normalized spacial score (nSPS) is 10.5. The highest BCUT2D eigenvalue weighted by Gasteiger charge is 2.13. The molecular formula is C12H20N4O3. The Hall–Kier alpha value is -1.89. The Kier molecular flexibility index (Phi) is 6.01. The molecule has 1 N–H and O–H groups in total. The Morgan fingerprint density at radius 1 is 1.37 bits per heavy atom. The van der Waals surface area contributed by atoms with E-state index < -0.39 is 5.97 Å². The van der Waals surface area contributed by atoms with Crippen molar-refractivity contribution in [3.63, 3.8) is 0 Å². The van der Waals surface area contributed by atoms with E-state index >= 15 is 0 Å². The van der Waals surface area contributed by atoms with Gasteiger partial charge in [0.05, 0.1) is 6.61 Å². The third-order valence-corrected chi connectivity index (χ3v) is 2.39. The van der Waals surface area contributed by atoms with E-state index in [-0.39, 0.29) is 6.54 Å². The minimum atomic E-state index is -0.893. The zero-order chi connectivity index (χ0) is 14.3. The Labute approximate surface area is 112 Å². The summed E-state index contributed by atoms with van der Waals surface area (Å²) in [5.74, 6) is 0.116. The Balaban J connectivity index is 2.82. The van der Waals surface area contributed by atoms with Crippen LogP contribution in [-0.4, -0.2) is 66.3 Å². The maximum absolute atomic E-state index is 10.9. The van der Waals surface area contributed by atoms with Gasteiger partial charge in [0.25, 0.3) is 0 Å². The molecule has 1 rings (SSSR count). The number of carboxylic acids is 1. The van der Waals surface area contributed by atoms with Crippen LogP contribution in [0, 0.1) is 0 Å². The second kappa shape index (κ2) is 7.52. The summed E-state index contributed by atoms with van der Waals surface area (Å²) >= 11 is 0. The SMILES string of the molecule is CCOc1cc(N(CCN(C)C)CC(=O)O)ncn1. The Bertz CT molecular complexity index is 412. The van der Waals surface area contributed by atoms with Crippen LogP contribution >= 0.6 is 0 Å². The monoisotopic (exact) mass is 268 g/mol. The molecule has 106 valence electrons. The third kappa shape index (κ3) is 5.52. The van der Waals surface area contributed by atoms with Gasteiger partial charge in [-0.05, 0) is 21.0 Å². The van der Waals surface area contributed by atoms with Crippen LogP contribution in [-0.2, 0) is 4.79 Å². The van der Waals surface area contributed by atoms with Gasteiger partial charge in [-0.1, -0.05) is 0 Å². The average Bonchev–Trinajstić information content (AvgIpc) is 2.34. The fraction of sp³-hybridized carbons (Fsp3) is 0.583. The summed E-state index contributed by atoms with van der Waals surface area (Å²) < 4.78 is 5.29. The Morgan fingerprint density at radius 3 is 2.68 bits per heavy atom. The highest BCUT2D eigenvalue weighted by molar-refractivity contribution is 5.73. The van der Waals surface area contributed by atoms with Gasteiger partial charge in [-0.2, -0.15) is 0 Å². The van der Waals surface area contributed by atoms with Crippen LogP contribution in [0.1, 0.15) is 6.92 Å². The predicted molar refractivity (Wildman–Crippen MR) is 71.6 cm³/mol. The first kappa shape index (κ1) is 15.2. The number of ether oxygens (including phenoxy) is 1. The second-order valence-electron chi connectivity index (χ2n) is 4.27. The highest BCUT2D eigenvalue weighted by Crippen LogP contribution is 2.15. The number of likely N-dealkylation sites (N-methyl/N-ethyl adjacent to an activating group) is 1. The zero-order valence-corrected chi connectivity index (χ0v) is 11.5.